The minimum absolute atomic E-state index is 0.0611. The van der Waals surface area contributed by atoms with Gasteiger partial charge in [-0.3, -0.25) is 9.69 Å². The standard InChI is InChI=1S/C30H33N3O/c1-31-19-16-26-13-14-28(22-29(26)31)33(30(34)15-12-24-8-4-2-5-9-24)27-17-20-32(21-18-27)23-25-10-6-3-7-11-25/h2-15,22,27H,16-21,23H2,1H3. The maximum Gasteiger partial charge on any atom is 0.251 e. The molecule has 0 bridgehead atoms. The van der Waals surface area contributed by atoms with Gasteiger partial charge in [0.1, 0.15) is 0 Å². The Morgan fingerprint density at radius 2 is 1.65 bits per heavy atom. The van der Waals surface area contributed by atoms with Gasteiger partial charge in [-0.15, -0.1) is 0 Å². The second-order valence-corrected chi connectivity index (χ2v) is 9.43. The summed E-state index contributed by atoms with van der Waals surface area (Å²) >= 11 is 0. The number of fused-ring (bicyclic) bond motifs is 1. The molecular formula is C30H33N3O. The van der Waals surface area contributed by atoms with Crippen LogP contribution < -0.4 is 9.80 Å². The maximum absolute atomic E-state index is 13.6. The number of amides is 1. The van der Waals surface area contributed by atoms with E-state index in [1.807, 2.05) is 41.3 Å². The smallest absolute Gasteiger partial charge is 0.251 e. The first kappa shape index (κ1) is 22.4. The largest absolute Gasteiger partial charge is 0.374 e. The minimum atomic E-state index is 0.0611. The molecule has 2 aliphatic rings. The molecule has 2 aliphatic heterocycles. The Balaban J connectivity index is 1.36. The monoisotopic (exact) mass is 451 g/mol. The van der Waals surface area contributed by atoms with Gasteiger partial charge >= 0.3 is 0 Å². The summed E-state index contributed by atoms with van der Waals surface area (Å²) in [6, 6.07) is 27.5. The molecule has 0 N–H and O–H groups in total. The molecule has 0 unspecified atom stereocenters. The van der Waals surface area contributed by atoms with E-state index in [4.69, 9.17) is 0 Å². The summed E-state index contributed by atoms with van der Waals surface area (Å²) < 4.78 is 0. The number of piperidine rings is 1. The number of likely N-dealkylation sites (tertiary alicyclic amines) is 1. The van der Waals surface area contributed by atoms with Gasteiger partial charge in [-0.25, -0.2) is 0 Å². The fraction of sp³-hybridized carbons (Fsp3) is 0.300. The zero-order chi connectivity index (χ0) is 23.3. The van der Waals surface area contributed by atoms with Crippen molar-refractivity contribution in [1.29, 1.82) is 0 Å². The summed E-state index contributed by atoms with van der Waals surface area (Å²) in [4.78, 5) is 20.4. The maximum atomic E-state index is 13.6. The number of hydrogen-bond donors (Lipinski definition) is 0. The van der Waals surface area contributed by atoms with Gasteiger partial charge in [0.2, 0.25) is 0 Å². The van der Waals surface area contributed by atoms with Gasteiger partial charge in [-0.1, -0.05) is 66.7 Å². The van der Waals surface area contributed by atoms with Crippen LogP contribution in [0.5, 0.6) is 0 Å². The third-order valence-corrected chi connectivity index (χ3v) is 7.10. The third kappa shape index (κ3) is 5.07. The van der Waals surface area contributed by atoms with Crippen LogP contribution in [0.25, 0.3) is 6.08 Å². The highest BCUT2D eigenvalue weighted by Crippen LogP contribution is 2.33. The SMILES string of the molecule is CN1CCc2ccc(N(C(=O)C=Cc3ccccc3)C3CCN(Cc4ccccc4)CC3)cc21. The van der Waals surface area contributed by atoms with Crippen molar-refractivity contribution in [3.8, 4) is 0 Å². The summed E-state index contributed by atoms with van der Waals surface area (Å²) in [5.41, 5.74) is 6.03. The zero-order valence-electron chi connectivity index (χ0n) is 19.9. The van der Waals surface area contributed by atoms with Crippen LogP contribution in [0.3, 0.4) is 0 Å². The first-order valence-electron chi connectivity index (χ1n) is 12.3. The summed E-state index contributed by atoms with van der Waals surface area (Å²) in [6.45, 7) is 4.00. The van der Waals surface area contributed by atoms with Gasteiger partial charge in [0.15, 0.2) is 0 Å². The molecule has 0 radical (unpaired) electrons. The predicted octanol–water partition coefficient (Wildman–Crippen LogP) is 5.39. The number of rotatable bonds is 6. The van der Waals surface area contributed by atoms with E-state index < -0.39 is 0 Å². The van der Waals surface area contributed by atoms with E-state index in [9.17, 15) is 4.79 Å². The van der Waals surface area contributed by atoms with Gasteiger partial charge < -0.3 is 9.80 Å². The van der Waals surface area contributed by atoms with Gasteiger partial charge in [0.05, 0.1) is 0 Å². The normalized spacial score (nSPS) is 16.7. The highest BCUT2D eigenvalue weighted by atomic mass is 16.2. The van der Waals surface area contributed by atoms with E-state index in [2.05, 4.69) is 65.4 Å². The first-order valence-corrected chi connectivity index (χ1v) is 12.3. The lowest BCUT2D eigenvalue weighted by Crippen LogP contribution is -2.47. The fourth-order valence-corrected chi connectivity index (χ4v) is 5.18. The molecule has 174 valence electrons. The second kappa shape index (κ2) is 10.3. The number of hydrogen-bond acceptors (Lipinski definition) is 3. The van der Waals surface area contributed by atoms with Crippen LogP contribution in [0.15, 0.2) is 84.9 Å². The topological polar surface area (TPSA) is 26.8 Å². The summed E-state index contributed by atoms with van der Waals surface area (Å²) in [5, 5.41) is 0. The minimum Gasteiger partial charge on any atom is -0.374 e. The lowest BCUT2D eigenvalue weighted by molar-refractivity contribution is -0.114. The molecule has 1 fully saturated rings. The van der Waals surface area contributed by atoms with Crippen molar-refractivity contribution < 1.29 is 4.79 Å². The van der Waals surface area contributed by atoms with Crippen molar-refractivity contribution in [2.75, 3.05) is 36.5 Å². The van der Waals surface area contributed by atoms with Crippen LogP contribution >= 0.6 is 0 Å². The van der Waals surface area contributed by atoms with Crippen LogP contribution in [-0.2, 0) is 17.8 Å². The Hall–Kier alpha value is -3.37. The van der Waals surface area contributed by atoms with E-state index in [1.165, 1.54) is 16.8 Å². The van der Waals surface area contributed by atoms with Crippen LogP contribution in [0, 0.1) is 0 Å². The highest BCUT2D eigenvalue weighted by molar-refractivity contribution is 6.04. The number of anilines is 2. The third-order valence-electron chi connectivity index (χ3n) is 7.10. The average molecular weight is 452 g/mol. The quantitative estimate of drug-likeness (QED) is 0.470. The zero-order valence-corrected chi connectivity index (χ0v) is 19.9. The van der Waals surface area contributed by atoms with E-state index in [1.54, 1.807) is 6.08 Å². The summed E-state index contributed by atoms with van der Waals surface area (Å²) in [5.74, 6) is 0.0611. The molecule has 1 saturated heterocycles. The number of benzene rings is 3. The van der Waals surface area contributed by atoms with Crippen molar-refractivity contribution >= 4 is 23.4 Å². The van der Waals surface area contributed by atoms with Crippen LogP contribution in [0.1, 0.15) is 29.5 Å². The van der Waals surface area contributed by atoms with E-state index in [0.717, 1.165) is 56.7 Å². The van der Waals surface area contributed by atoms with Crippen molar-refractivity contribution in [2.24, 2.45) is 0 Å². The molecule has 1 amide bonds. The Labute approximate surface area is 203 Å². The second-order valence-electron chi connectivity index (χ2n) is 9.43. The highest BCUT2D eigenvalue weighted by Gasteiger charge is 2.29. The van der Waals surface area contributed by atoms with Crippen molar-refractivity contribution in [3.63, 3.8) is 0 Å². The molecule has 3 aromatic carbocycles. The Morgan fingerprint density at radius 1 is 0.941 bits per heavy atom. The van der Waals surface area contributed by atoms with Gasteiger partial charge in [0, 0.05) is 56.7 Å². The molecule has 5 rings (SSSR count). The van der Waals surface area contributed by atoms with Gasteiger partial charge in [0.25, 0.3) is 5.91 Å². The predicted molar refractivity (Wildman–Crippen MR) is 141 cm³/mol. The average Bonchev–Trinajstić information content (AvgIpc) is 3.25. The molecular weight excluding hydrogens is 418 g/mol. The molecule has 4 nitrogen and oxygen atoms in total. The van der Waals surface area contributed by atoms with Crippen molar-refractivity contribution in [1.82, 2.24) is 4.90 Å². The van der Waals surface area contributed by atoms with Gasteiger partial charge in [-0.2, -0.15) is 0 Å². The number of carbonyl (C=O) groups excluding carboxylic acids is 1. The van der Waals surface area contributed by atoms with E-state index >= 15 is 0 Å². The number of likely N-dealkylation sites (N-methyl/N-ethyl adjacent to an activating group) is 1. The van der Waals surface area contributed by atoms with E-state index in [-0.39, 0.29) is 11.9 Å². The molecule has 0 aliphatic carbocycles. The van der Waals surface area contributed by atoms with Gasteiger partial charge in [-0.05, 0) is 54.2 Å². The Kier molecular flexibility index (Phi) is 6.77. The Bertz CT molecular complexity index is 1130. The fourth-order valence-electron chi connectivity index (χ4n) is 5.18. The van der Waals surface area contributed by atoms with E-state index in [0.29, 0.717) is 0 Å². The van der Waals surface area contributed by atoms with Crippen LogP contribution in [-0.4, -0.2) is 43.5 Å². The molecule has 0 atom stereocenters. The van der Waals surface area contributed by atoms with Crippen LogP contribution in [0.4, 0.5) is 11.4 Å². The summed E-state index contributed by atoms with van der Waals surface area (Å²) in [7, 11) is 2.14. The molecule has 0 aromatic heterocycles. The molecule has 2 heterocycles. The van der Waals surface area contributed by atoms with Crippen LogP contribution in [0.2, 0.25) is 0 Å². The van der Waals surface area contributed by atoms with Crippen molar-refractivity contribution in [3.05, 3.63) is 102 Å². The lowest BCUT2D eigenvalue weighted by atomic mass is 10.0. The summed E-state index contributed by atoms with van der Waals surface area (Å²) in [6.07, 6.45) is 6.70. The first-order chi connectivity index (χ1) is 16.7. The molecule has 34 heavy (non-hydrogen) atoms. The Morgan fingerprint density at radius 3 is 2.38 bits per heavy atom. The molecule has 3 aromatic rings. The molecule has 0 spiro atoms. The molecule has 0 saturated carbocycles. The molecule has 4 heteroatoms. The number of nitrogens with zero attached hydrogens (tertiary/aromatic N) is 3. The lowest BCUT2D eigenvalue weighted by Gasteiger charge is -2.38. The number of carbonyl (C=O) groups is 1. The van der Waals surface area contributed by atoms with Crippen molar-refractivity contribution in [2.45, 2.75) is 31.8 Å².